The quantitative estimate of drug-likeness (QED) is 0.334. The first-order chi connectivity index (χ1) is 15.9. The number of carbonyl (C=O) groups is 2. The van der Waals surface area contributed by atoms with Crippen molar-refractivity contribution in [2.75, 3.05) is 12.4 Å². The van der Waals surface area contributed by atoms with E-state index in [4.69, 9.17) is 32.7 Å². The second-order valence-electron chi connectivity index (χ2n) is 6.91. The normalized spacial score (nSPS) is 10.7. The Morgan fingerprint density at radius 1 is 0.970 bits per heavy atom. The van der Waals surface area contributed by atoms with Gasteiger partial charge in [-0.2, -0.15) is 5.10 Å². The monoisotopic (exact) mass is 485 g/mol. The number of halogens is 2. The molecule has 0 fully saturated rings. The number of nitrogens with one attached hydrogen (secondary N) is 2. The largest absolute Gasteiger partial charge is 0.493 e. The predicted octanol–water partition coefficient (Wildman–Crippen LogP) is 5.30. The molecule has 3 rings (SSSR count). The van der Waals surface area contributed by atoms with E-state index in [2.05, 4.69) is 15.8 Å². The maximum Gasteiger partial charge on any atom is 0.271 e. The van der Waals surface area contributed by atoms with Crippen LogP contribution in [-0.4, -0.2) is 25.1 Å². The van der Waals surface area contributed by atoms with Crippen LogP contribution >= 0.6 is 23.2 Å². The van der Waals surface area contributed by atoms with Crippen LogP contribution in [0.1, 0.15) is 28.4 Å². The topological polar surface area (TPSA) is 89.0 Å². The number of hydrogen-bond donors (Lipinski definition) is 2. The molecule has 0 aliphatic rings. The van der Waals surface area contributed by atoms with Crippen molar-refractivity contribution >= 4 is 46.9 Å². The molecule has 0 saturated heterocycles. The first-order valence-electron chi connectivity index (χ1n) is 9.81. The summed E-state index contributed by atoms with van der Waals surface area (Å²) in [6.45, 7) is 1.70. The highest BCUT2D eigenvalue weighted by atomic mass is 35.5. The van der Waals surface area contributed by atoms with Gasteiger partial charge in [-0.3, -0.25) is 9.59 Å². The van der Waals surface area contributed by atoms with E-state index >= 15 is 0 Å². The van der Waals surface area contributed by atoms with Gasteiger partial charge in [-0.1, -0.05) is 29.3 Å². The Hall–Kier alpha value is -3.55. The lowest BCUT2D eigenvalue weighted by Crippen LogP contribution is -2.17. The summed E-state index contributed by atoms with van der Waals surface area (Å²) in [6, 6.07) is 17.0. The van der Waals surface area contributed by atoms with Crippen molar-refractivity contribution in [3.05, 3.63) is 87.4 Å². The number of methoxy groups -OCH3 is 1. The average molecular weight is 486 g/mol. The van der Waals surface area contributed by atoms with Crippen molar-refractivity contribution in [3.63, 3.8) is 0 Å². The molecule has 0 saturated carbocycles. The van der Waals surface area contributed by atoms with Gasteiger partial charge in [0, 0.05) is 18.2 Å². The molecular weight excluding hydrogens is 465 g/mol. The van der Waals surface area contributed by atoms with Crippen molar-refractivity contribution in [2.45, 2.75) is 13.5 Å². The Labute approximate surface area is 201 Å². The van der Waals surface area contributed by atoms with Crippen LogP contribution in [0.3, 0.4) is 0 Å². The number of carbonyl (C=O) groups excluding carboxylic acids is 2. The summed E-state index contributed by atoms with van der Waals surface area (Å²) in [6.07, 6.45) is 1.49. The van der Waals surface area contributed by atoms with Crippen molar-refractivity contribution < 1.29 is 19.1 Å². The molecule has 2 N–H and O–H groups in total. The van der Waals surface area contributed by atoms with E-state index in [0.717, 1.165) is 5.56 Å². The molecule has 0 aromatic heterocycles. The number of ether oxygens (including phenoxy) is 2. The molecule has 2 amide bonds. The zero-order chi connectivity index (χ0) is 23.8. The third-order valence-electron chi connectivity index (χ3n) is 4.41. The number of anilines is 1. The summed E-state index contributed by atoms with van der Waals surface area (Å²) in [5.41, 5.74) is 5.05. The average Bonchev–Trinajstić information content (AvgIpc) is 2.80. The fourth-order valence-electron chi connectivity index (χ4n) is 2.81. The van der Waals surface area contributed by atoms with Gasteiger partial charge in [-0.15, -0.1) is 0 Å². The van der Waals surface area contributed by atoms with Crippen LogP contribution in [0.15, 0.2) is 65.8 Å². The second-order valence-corrected chi connectivity index (χ2v) is 7.72. The second kappa shape index (κ2) is 11.4. The number of hydrazone groups is 1. The number of rotatable bonds is 8. The van der Waals surface area contributed by atoms with E-state index in [1.54, 1.807) is 54.6 Å². The SMILES string of the molecule is COc1cc(C=NNC(=O)c2ccc(NC(C)=O)cc2)ccc1OCc1ccc(Cl)c(Cl)c1. The first-order valence-corrected chi connectivity index (χ1v) is 10.6. The van der Waals surface area contributed by atoms with Crippen LogP contribution in [0.25, 0.3) is 0 Å². The number of hydrogen-bond acceptors (Lipinski definition) is 5. The Kier molecular flexibility index (Phi) is 8.29. The van der Waals surface area contributed by atoms with Gasteiger partial charge < -0.3 is 14.8 Å². The van der Waals surface area contributed by atoms with Crippen molar-refractivity contribution in [1.82, 2.24) is 5.43 Å². The summed E-state index contributed by atoms with van der Waals surface area (Å²) >= 11 is 12.0. The maximum absolute atomic E-state index is 12.2. The van der Waals surface area contributed by atoms with E-state index in [1.807, 2.05) is 6.07 Å². The van der Waals surface area contributed by atoms with E-state index in [1.165, 1.54) is 20.2 Å². The third kappa shape index (κ3) is 6.97. The summed E-state index contributed by atoms with van der Waals surface area (Å²) in [5, 5.41) is 7.57. The molecule has 0 bridgehead atoms. The molecule has 0 unspecified atom stereocenters. The molecule has 3 aromatic rings. The zero-order valence-electron chi connectivity index (χ0n) is 17.9. The molecular formula is C24H21Cl2N3O4. The highest BCUT2D eigenvalue weighted by Crippen LogP contribution is 2.29. The molecule has 33 heavy (non-hydrogen) atoms. The first kappa shape index (κ1) is 24.1. The minimum Gasteiger partial charge on any atom is -0.493 e. The van der Waals surface area contributed by atoms with Crippen LogP contribution in [0.5, 0.6) is 11.5 Å². The molecule has 0 aliphatic heterocycles. The van der Waals surface area contributed by atoms with Gasteiger partial charge in [0.25, 0.3) is 5.91 Å². The molecule has 0 aliphatic carbocycles. The van der Waals surface area contributed by atoms with E-state index in [-0.39, 0.29) is 18.4 Å². The fraction of sp³-hybridized carbons (Fsp3) is 0.125. The highest BCUT2D eigenvalue weighted by Gasteiger charge is 2.08. The minimum atomic E-state index is -0.380. The number of amides is 2. The standard InChI is InChI=1S/C24H21Cl2N3O4/c1-15(30)28-19-7-5-18(6-8-19)24(31)29-27-13-16-4-10-22(23(12-16)32-2)33-14-17-3-9-20(25)21(26)11-17/h3-13H,14H2,1-2H3,(H,28,30)(H,29,31). The van der Waals surface area contributed by atoms with Crippen LogP contribution in [-0.2, 0) is 11.4 Å². The number of benzene rings is 3. The maximum atomic E-state index is 12.2. The van der Waals surface area contributed by atoms with Crippen molar-refractivity contribution in [1.29, 1.82) is 0 Å². The summed E-state index contributed by atoms with van der Waals surface area (Å²) in [5.74, 6) is 0.495. The van der Waals surface area contributed by atoms with Crippen LogP contribution < -0.4 is 20.2 Å². The molecule has 170 valence electrons. The lowest BCUT2D eigenvalue weighted by atomic mass is 10.2. The van der Waals surface area contributed by atoms with Crippen LogP contribution in [0, 0.1) is 0 Å². The molecule has 0 spiro atoms. The lowest BCUT2D eigenvalue weighted by molar-refractivity contribution is -0.114. The Morgan fingerprint density at radius 2 is 1.73 bits per heavy atom. The van der Waals surface area contributed by atoms with Gasteiger partial charge in [0.15, 0.2) is 11.5 Å². The molecule has 3 aromatic carbocycles. The van der Waals surface area contributed by atoms with Crippen LogP contribution in [0.4, 0.5) is 5.69 Å². The van der Waals surface area contributed by atoms with Gasteiger partial charge in [0.2, 0.25) is 5.91 Å². The van der Waals surface area contributed by atoms with Gasteiger partial charge in [0.05, 0.1) is 23.4 Å². The van der Waals surface area contributed by atoms with Crippen LogP contribution in [0.2, 0.25) is 10.0 Å². The molecule has 0 atom stereocenters. The molecule has 0 heterocycles. The number of nitrogens with zero attached hydrogens (tertiary/aromatic N) is 1. The van der Waals surface area contributed by atoms with Crippen molar-refractivity contribution in [3.8, 4) is 11.5 Å². The molecule has 9 heteroatoms. The Bertz CT molecular complexity index is 1180. The Balaban J connectivity index is 1.59. The predicted molar refractivity (Wildman–Crippen MR) is 130 cm³/mol. The summed E-state index contributed by atoms with van der Waals surface area (Å²) < 4.78 is 11.2. The van der Waals surface area contributed by atoms with Gasteiger partial charge >= 0.3 is 0 Å². The summed E-state index contributed by atoms with van der Waals surface area (Å²) in [7, 11) is 1.54. The minimum absolute atomic E-state index is 0.182. The van der Waals surface area contributed by atoms with Crippen molar-refractivity contribution in [2.24, 2.45) is 5.10 Å². The molecule has 0 radical (unpaired) electrons. The highest BCUT2D eigenvalue weighted by molar-refractivity contribution is 6.42. The molecule has 7 nitrogen and oxygen atoms in total. The summed E-state index contributed by atoms with van der Waals surface area (Å²) in [4.78, 5) is 23.3. The van der Waals surface area contributed by atoms with E-state index in [9.17, 15) is 9.59 Å². The fourth-order valence-corrected chi connectivity index (χ4v) is 3.13. The van der Waals surface area contributed by atoms with Gasteiger partial charge in [-0.05, 0) is 65.7 Å². The van der Waals surface area contributed by atoms with Gasteiger partial charge in [-0.25, -0.2) is 5.43 Å². The Morgan fingerprint density at radius 3 is 2.39 bits per heavy atom. The van der Waals surface area contributed by atoms with Gasteiger partial charge in [0.1, 0.15) is 6.61 Å². The smallest absolute Gasteiger partial charge is 0.271 e. The van der Waals surface area contributed by atoms with E-state index < -0.39 is 0 Å². The zero-order valence-corrected chi connectivity index (χ0v) is 19.4. The van der Waals surface area contributed by atoms with E-state index in [0.29, 0.717) is 38.4 Å². The lowest BCUT2D eigenvalue weighted by Gasteiger charge is -2.11. The third-order valence-corrected chi connectivity index (χ3v) is 5.15.